The van der Waals surface area contributed by atoms with Crippen LogP contribution in [0.15, 0.2) is 42.7 Å². The number of aromatic nitrogens is 1. The van der Waals surface area contributed by atoms with Crippen molar-refractivity contribution in [1.29, 1.82) is 0 Å². The molecule has 146 valence electrons. The summed E-state index contributed by atoms with van der Waals surface area (Å²) in [4.78, 5) is 28.0. The molecule has 0 radical (unpaired) electrons. The topological polar surface area (TPSA) is 112 Å². The lowest BCUT2D eigenvalue weighted by atomic mass is 10.1. The molecular formula is C19H19FN4O4. The molecule has 3 rings (SSSR count). The highest BCUT2D eigenvalue weighted by Gasteiger charge is 2.19. The van der Waals surface area contributed by atoms with E-state index in [0.717, 1.165) is 25.0 Å². The number of rotatable bonds is 5. The number of nitrogens with zero attached hydrogens (tertiary/aromatic N) is 3. The Kier molecular flexibility index (Phi) is 5.95. The third-order valence-corrected chi connectivity index (χ3v) is 4.41. The average molecular weight is 386 g/mol. The molecule has 1 amide bonds. The van der Waals surface area contributed by atoms with Gasteiger partial charge in [-0.1, -0.05) is 0 Å². The molecule has 2 heterocycles. The van der Waals surface area contributed by atoms with Crippen LogP contribution in [0, 0.1) is 15.9 Å². The molecule has 0 unspecified atom stereocenters. The maximum atomic E-state index is 14.1. The van der Waals surface area contributed by atoms with Crippen molar-refractivity contribution < 1.29 is 18.8 Å². The fourth-order valence-corrected chi connectivity index (χ4v) is 2.80. The predicted molar refractivity (Wildman–Crippen MR) is 100 cm³/mol. The highest BCUT2D eigenvalue weighted by molar-refractivity contribution is 5.92. The summed E-state index contributed by atoms with van der Waals surface area (Å²) in [5.74, 6) is -0.903. The van der Waals surface area contributed by atoms with Crippen molar-refractivity contribution in [3.05, 3.63) is 64.2 Å². The van der Waals surface area contributed by atoms with Crippen LogP contribution in [0.1, 0.15) is 18.4 Å². The number of nitrogens with two attached hydrogens (primary N) is 1. The Balaban J connectivity index is 1.74. The van der Waals surface area contributed by atoms with Gasteiger partial charge in [-0.15, -0.1) is 0 Å². The summed E-state index contributed by atoms with van der Waals surface area (Å²) >= 11 is 0. The summed E-state index contributed by atoms with van der Waals surface area (Å²) in [7, 11) is 0. The van der Waals surface area contributed by atoms with E-state index in [4.69, 9.17) is 10.5 Å². The lowest BCUT2D eigenvalue weighted by Crippen LogP contribution is -2.42. The maximum absolute atomic E-state index is 14.1. The minimum absolute atomic E-state index is 0.128. The number of likely N-dealkylation sites (tertiary alicyclic amines) is 1. The molecule has 1 aromatic carbocycles. The Morgan fingerprint density at radius 3 is 2.75 bits per heavy atom. The highest BCUT2D eigenvalue weighted by Crippen LogP contribution is 2.29. The third kappa shape index (κ3) is 4.68. The van der Waals surface area contributed by atoms with Crippen molar-refractivity contribution in [2.24, 2.45) is 5.73 Å². The van der Waals surface area contributed by atoms with Gasteiger partial charge < -0.3 is 15.4 Å². The number of carbonyl (C=O) groups is 1. The molecule has 1 saturated heterocycles. The Morgan fingerprint density at radius 2 is 2.07 bits per heavy atom. The van der Waals surface area contributed by atoms with E-state index in [2.05, 4.69) is 4.98 Å². The standard InChI is InChI=1S/C19H19FN4O4/c20-16-11-15(24(26)27)2-3-18(16)28-17-5-8-22-12-13(17)1-4-19(25)23-9-6-14(21)7-10-23/h1-5,8,11-12,14H,6-7,9-10,21H2. The fraction of sp³-hybridized carbons (Fsp3) is 0.263. The first-order valence-electron chi connectivity index (χ1n) is 8.72. The van der Waals surface area contributed by atoms with Crippen molar-refractivity contribution in [2.45, 2.75) is 18.9 Å². The number of ether oxygens (including phenoxy) is 1. The van der Waals surface area contributed by atoms with Gasteiger partial charge in [0.15, 0.2) is 11.6 Å². The smallest absolute Gasteiger partial charge is 0.272 e. The monoisotopic (exact) mass is 386 g/mol. The minimum atomic E-state index is -0.860. The quantitative estimate of drug-likeness (QED) is 0.480. The summed E-state index contributed by atoms with van der Waals surface area (Å²) < 4.78 is 19.6. The van der Waals surface area contributed by atoms with Crippen molar-refractivity contribution >= 4 is 17.7 Å². The Bertz CT molecular complexity index is 911. The van der Waals surface area contributed by atoms with Crippen LogP contribution in [-0.2, 0) is 4.79 Å². The largest absolute Gasteiger partial charge is 0.454 e. The lowest BCUT2D eigenvalue weighted by molar-refractivity contribution is -0.385. The van der Waals surface area contributed by atoms with Crippen molar-refractivity contribution in [2.75, 3.05) is 13.1 Å². The van der Waals surface area contributed by atoms with Crippen LogP contribution in [0.4, 0.5) is 10.1 Å². The zero-order valence-electron chi connectivity index (χ0n) is 15.0. The van der Waals surface area contributed by atoms with Crippen LogP contribution < -0.4 is 10.5 Å². The SMILES string of the molecule is NC1CCN(C(=O)C=Cc2cnccc2Oc2ccc([N+](=O)[O-])cc2F)CC1. The van der Waals surface area contributed by atoms with Crippen molar-refractivity contribution in [3.8, 4) is 11.5 Å². The summed E-state index contributed by atoms with van der Waals surface area (Å²) in [5, 5.41) is 10.7. The van der Waals surface area contributed by atoms with Gasteiger partial charge in [-0.3, -0.25) is 19.9 Å². The molecule has 1 aliphatic heterocycles. The Morgan fingerprint density at radius 1 is 1.32 bits per heavy atom. The number of pyridine rings is 1. The second-order valence-electron chi connectivity index (χ2n) is 6.38. The fourth-order valence-electron chi connectivity index (χ4n) is 2.80. The number of piperidine rings is 1. The van der Waals surface area contributed by atoms with Gasteiger partial charge in [0.25, 0.3) is 5.69 Å². The number of halogens is 1. The van der Waals surface area contributed by atoms with Gasteiger partial charge in [-0.25, -0.2) is 4.39 Å². The minimum Gasteiger partial charge on any atom is -0.454 e. The Labute approximate surface area is 160 Å². The van der Waals surface area contributed by atoms with Crippen LogP contribution in [0.25, 0.3) is 6.08 Å². The molecule has 28 heavy (non-hydrogen) atoms. The van der Waals surface area contributed by atoms with Gasteiger partial charge >= 0.3 is 0 Å². The molecule has 0 saturated carbocycles. The highest BCUT2D eigenvalue weighted by atomic mass is 19.1. The van der Waals surface area contributed by atoms with Gasteiger partial charge in [0.05, 0.1) is 11.0 Å². The molecule has 8 nitrogen and oxygen atoms in total. The summed E-state index contributed by atoms with van der Waals surface area (Å²) in [6.07, 6.45) is 7.42. The summed E-state index contributed by atoms with van der Waals surface area (Å²) in [6.45, 7) is 1.21. The predicted octanol–water partition coefficient (Wildman–Crippen LogP) is 2.88. The van der Waals surface area contributed by atoms with Crippen LogP contribution >= 0.6 is 0 Å². The molecule has 1 aromatic heterocycles. The molecule has 0 aliphatic carbocycles. The first-order chi connectivity index (χ1) is 13.4. The molecular weight excluding hydrogens is 367 g/mol. The van der Waals surface area contributed by atoms with Crippen LogP contribution in [0.3, 0.4) is 0 Å². The van der Waals surface area contributed by atoms with Gasteiger partial charge in [0.2, 0.25) is 5.91 Å². The zero-order chi connectivity index (χ0) is 20.1. The molecule has 0 spiro atoms. The third-order valence-electron chi connectivity index (χ3n) is 4.41. The number of hydrogen-bond acceptors (Lipinski definition) is 6. The first kappa shape index (κ1) is 19.4. The maximum Gasteiger partial charge on any atom is 0.272 e. The second-order valence-corrected chi connectivity index (χ2v) is 6.38. The summed E-state index contributed by atoms with van der Waals surface area (Å²) in [5.41, 5.74) is 5.95. The van der Waals surface area contributed by atoms with Crippen LogP contribution in [-0.4, -0.2) is 39.8 Å². The molecule has 1 aliphatic rings. The van der Waals surface area contributed by atoms with Crippen LogP contribution in [0.2, 0.25) is 0 Å². The second kappa shape index (κ2) is 8.57. The van der Waals surface area contributed by atoms with Gasteiger partial charge in [-0.2, -0.15) is 0 Å². The van der Waals surface area contributed by atoms with E-state index in [0.29, 0.717) is 18.7 Å². The summed E-state index contributed by atoms with van der Waals surface area (Å²) in [6, 6.07) is 4.77. The van der Waals surface area contributed by atoms with E-state index in [1.54, 1.807) is 11.0 Å². The van der Waals surface area contributed by atoms with E-state index >= 15 is 0 Å². The number of carbonyl (C=O) groups excluding carboxylic acids is 1. The number of benzene rings is 1. The molecule has 2 N–H and O–H groups in total. The van der Waals surface area contributed by atoms with E-state index in [1.165, 1.54) is 30.6 Å². The van der Waals surface area contributed by atoms with Crippen LogP contribution in [0.5, 0.6) is 11.5 Å². The molecule has 9 heteroatoms. The average Bonchev–Trinajstić information content (AvgIpc) is 2.69. The normalized spacial score (nSPS) is 15.0. The number of amides is 1. The van der Waals surface area contributed by atoms with E-state index < -0.39 is 10.7 Å². The molecule has 0 bridgehead atoms. The lowest BCUT2D eigenvalue weighted by Gasteiger charge is -2.29. The zero-order valence-corrected chi connectivity index (χ0v) is 15.0. The van der Waals surface area contributed by atoms with Gasteiger partial charge in [0.1, 0.15) is 5.75 Å². The molecule has 0 atom stereocenters. The Hall–Kier alpha value is -3.33. The number of non-ortho nitro benzene ring substituents is 1. The molecule has 1 fully saturated rings. The number of hydrogen-bond donors (Lipinski definition) is 1. The van der Waals surface area contributed by atoms with E-state index in [9.17, 15) is 19.3 Å². The number of nitro groups is 1. The first-order valence-corrected chi connectivity index (χ1v) is 8.72. The van der Waals surface area contributed by atoms with Gasteiger partial charge in [-0.05, 0) is 31.1 Å². The van der Waals surface area contributed by atoms with Crippen molar-refractivity contribution in [1.82, 2.24) is 9.88 Å². The number of nitro benzene ring substituents is 1. The van der Waals surface area contributed by atoms with E-state index in [-0.39, 0.29) is 29.1 Å². The molecule has 2 aromatic rings. The van der Waals surface area contributed by atoms with E-state index in [1.807, 2.05) is 0 Å². The van der Waals surface area contributed by atoms with Crippen molar-refractivity contribution in [3.63, 3.8) is 0 Å². The van der Waals surface area contributed by atoms with Gasteiger partial charge in [0, 0.05) is 49.2 Å².